The van der Waals surface area contributed by atoms with E-state index in [9.17, 15) is 0 Å². The molecule has 0 bridgehead atoms. The highest BCUT2D eigenvalue weighted by Crippen LogP contribution is 2.16. The van der Waals surface area contributed by atoms with Crippen LogP contribution in [0.2, 0.25) is 0 Å². The Hall–Kier alpha value is -0.870. The topological polar surface area (TPSA) is 38.5 Å². The van der Waals surface area contributed by atoms with Crippen molar-refractivity contribution < 1.29 is 9.26 Å². The van der Waals surface area contributed by atoms with Crippen LogP contribution in [0.25, 0.3) is 0 Å². The van der Waals surface area contributed by atoms with Crippen LogP contribution < -0.4 is 0 Å². The maximum Gasteiger partial charge on any atom is 0.124 e. The molecule has 0 N–H and O–H groups in total. The highest BCUT2D eigenvalue weighted by Gasteiger charge is 2.23. The Labute approximate surface area is 103 Å². The summed E-state index contributed by atoms with van der Waals surface area (Å²) in [4.78, 5) is 2.37. The molecule has 1 aliphatic rings. The lowest BCUT2D eigenvalue weighted by Gasteiger charge is -2.15. The highest BCUT2D eigenvalue weighted by atomic mass is 16.5. The first-order chi connectivity index (χ1) is 8.24. The average Bonchev–Trinajstić information content (AvgIpc) is 2.90. The first-order valence-electron chi connectivity index (χ1n) is 6.47. The van der Waals surface area contributed by atoms with Crippen molar-refractivity contribution in [2.45, 2.75) is 39.3 Å². The molecule has 0 saturated carbocycles. The van der Waals surface area contributed by atoms with E-state index in [1.54, 1.807) is 6.26 Å². The summed E-state index contributed by atoms with van der Waals surface area (Å²) in [6.45, 7) is 8.34. The van der Waals surface area contributed by atoms with Gasteiger partial charge in [0.05, 0.1) is 11.8 Å². The van der Waals surface area contributed by atoms with Crippen LogP contribution in [0.3, 0.4) is 0 Å². The molecule has 0 amide bonds. The van der Waals surface area contributed by atoms with Gasteiger partial charge < -0.3 is 9.26 Å². The van der Waals surface area contributed by atoms with Gasteiger partial charge in [-0.15, -0.1) is 0 Å². The lowest BCUT2D eigenvalue weighted by Crippen LogP contribution is -2.23. The fraction of sp³-hybridized carbons (Fsp3) is 0.769. The molecule has 0 aliphatic carbocycles. The molecule has 0 spiro atoms. The highest BCUT2D eigenvalue weighted by molar-refractivity contribution is 4.96. The zero-order valence-corrected chi connectivity index (χ0v) is 10.8. The second-order valence-electron chi connectivity index (χ2n) is 5.19. The van der Waals surface area contributed by atoms with E-state index >= 15 is 0 Å². The van der Waals surface area contributed by atoms with E-state index < -0.39 is 0 Å². The Balaban J connectivity index is 1.65. The molecule has 4 nitrogen and oxygen atoms in total. The fourth-order valence-corrected chi connectivity index (χ4v) is 2.10. The molecule has 1 saturated heterocycles. The van der Waals surface area contributed by atoms with Gasteiger partial charge in [0.25, 0.3) is 0 Å². The molecule has 1 aliphatic heterocycles. The molecule has 1 atom stereocenters. The van der Waals surface area contributed by atoms with Crippen molar-refractivity contribution in [3.63, 3.8) is 0 Å². The summed E-state index contributed by atoms with van der Waals surface area (Å²) in [7, 11) is 0. The van der Waals surface area contributed by atoms with E-state index in [0.29, 0.717) is 6.10 Å². The van der Waals surface area contributed by atoms with Gasteiger partial charge in [-0.05, 0) is 18.8 Å². The van der Waals surface area contributed by atoms with E-state index in [1.165, 1.54) is 0 Å². The van der Waals surface area contributed by atoms with Crippen LogP contribution in [0, 0.1) is 5.92 Å². The van der Waals surface area contributed by atoms with Crippen LogP contribution in [0.5, 0.6) is 0 Å². The van der Waals surface area contributed by atoms with Crippen molar-refractivity contribution in [3.8, 4) is 0 Å². The number of nitrogens with zero attached hydrogens (tertiary/aromatic N) is 2. The van der Waals surface area contributed by atoms with Crippen LogP contribution in [0.15, 0.2) is 16.9 Å². The second-order valence-corrected chi connectivity index (χ2v) is 5.19. The Bertz CT molecular complexity index is 311. The summed E-state index contributed by atoms with van der Waals surface area (Å²) in [6, 6.07) is 1.92. The molecular formula is C13H22N2O2. The third-order valence-electron chi connectivity index (χ3n) is 3.15. The first-order valence-corrected chi connectivity index (χ1v) is 6.47. The van der Waals surface area contributed by atoms with Crippen molar-refractivity contribution in [1.29, 1.82) is 0 Å². The van der Waals surface area contributed by atoms with Crippen molar-refractivity contribution in [3.05, 3.63) is 18.0 Å². The molecule has 1 unspecified atom stereocenters. The lowest BCUT2D eigenvalue weighted by molar-refractivity contribution is 0.0516. The maximum absolute atomic E-state index is 5.88. The van der Waals surface area contributed by atoms with Gasteiger partial charge in [0, 0.05) is 32.3 Å². The van der Waals surface area contributed by atoms with Crippen molar-refractivity contribution in [1.82, 2.24) is 10.1 Å². The van der Waals surface area contributed by atoms with E-state index in [2.05, 4.69) is 23.9 Å². The van der Waals surface area contributed by atoms with E-state index in [-0.39, 0.29) is 0 Å². The van der Waals surface area contributed by atoms with Gasteiger partial charge >= 0.3 is 0 Å². The number of aromatic nitrogens is 1. The summed E-state index contributed by atoms with van der Waals surface area (Å²) in [6.07, 6.45) is 4.32. The van der Waals surface area contributed by atoms with Crippen LogP contribution in [-0.2, 0) is 11.3 Å². The van der Waals surface area contributed by atoms with Gasteiger partial charge in [-0.1, -0.05) is 19.0 Å². The fourth-order valence-electron chi connectivity index (χ4n) is 2.10. The van der Waals surface area contributed by atoms with Crippen molar-refractivity contribution in [2.75, 3.05) is 19.7 Å². The molecule has 1 aromatic rings. The molecule has 2 rings (SSSR count). The average molecular weight is 238 g/mol. The van der Waals surface area contributed by atoms with E-state index in [4.69, 9.17) is 9.26 Å². The maximum atomic E-state index is 5.88. The Morgan fingerprint density at radius 1 is 1.59 bits per heavy atom. The summed E-state index contributed by atoms with van der Waals surface area (Å²) >= 11 is 0. The molecule has 0 aromatic carbocycles. The molecule has 4 heteroatoms. The second kappa shape index (κ2) is 6.17. The third-order valence-corrected chi connectivity index (χ3v) is 3.15. The summed E-state index contributed by atoms with van der Waals surface area (Å²) in [5.74, 6) is 0.725. The number of likely N-dealkylation sites (tertiary alicyclic amines) is 1. The molecule has 2 heterocycles. The van der Waals surface area contributed by atoms with E-state index in [0.717, 1.165) is 50.7 Å². The van der Waals surface area contributed by atoms with Gasteiger partial charge in [0.1, 0.15) is 6.26 Å². The van der Waals surface area contributed by atoms with Gasteiger partial charge in [0.2, 0.25) is 0 Å². The number of ether oxygens (including phenoxy) is 1. The van der Waals surface area contributed by atoms with Crippen molar-refractivity contribution >= 4 is 0 Å². The zero-order chi connectivity index (χ0) is 12.1. The van der Waals surface area contributed by atoms with Crippen LogP contribution in [0.4, 0.5) is 0 Å². The van der Waals surface area contributed by atoms with Gasteiger partial charge in [0.15, 0.2) is 0 Å². The molecule has 1 fully saturated rings. The third kappa shape index (κ3) is 4.13. The van der Waals surface area contributed by atoms with E-state index in [1.807, 2.05) is 6.07 Å². The van der Waals surface area contributed by atoms with Crippen LogP contribution >= 0.6 is 0 Å². The van der Waals surface area contributed by atoms with Gasteiger partial charge in [-0.25, -0.2) is 0 Å². The smallest absolute Gasteiger partial charge is 0.124 e. The minimum Gasteiger partial charge on any atom is -0.377 e. The van der Waals surface area contributed by atoms with Gasteiger partial charge in [-0.2, -0.15) is 0 Å². The molecular weight excluding hydrogens is 216 g/mol. The normalized spacial score (nSPS) is 21.5. The monoisotopic (exact) mass is 238 g/mol. The predicted octanol–water partition coefficient (Wildman–Crippen LogP) is 2.31. The number of hydrogen-bond donors (Lipinski definition) is 0. The SMILES string of the molecule is CC(C)CCOC1CCN(Cc2ccon2)C1. The first kappa shape index (κ1) is 12.6. The molecule has 17 heavy (non-hydrogen) atoms. The largest absolute Gasteiger partial charge is 0.377 e. The quantitative estimate of drug-likeness (QED) is 0.762. The Morgan fingerprint density at radius 2 is 2.47 bits per heavy atom. The summed E-state index contributed by atoms with van der Waals surface area (Å²) < 4.78 is 10.7. The standard InChI is InChI=1S/C13H22N2O2/c1-11(2)4-7-16-13-3-6-15(10-13)9-12-5-8-17-14-12/h5,8,11,13H,3-4,6-7,9-10H2,1-2H3. The summed E-state index contributed by atoms with van der Waals surface area (Å²) in [5, 5.41) is 3.93. The number of hydrogen-bond acceptors (Lipinski definition) is 4. The minimum atomic E-state index is 0.403. The van der Waals surface area contributed by atoms with Crippen LogP contribution in [0.1, 0.15) is 32.4 Å². The Kier molecular flexibility index (Phi) is 4.57. The minimum absolute atomic E-state index is 0.403. The van der Waals surface area contributed by atoms with Crippen molar-refractivity contribution in [2.24, 2.45) is 5.92 Å². The predicted molar refractivity (Wildman–Crippen MR) is 65.6 cm³/mol. The summed E-state index contributed by atoms with van der Waals surface area (Å²) in [5.41, 5.74) is 1.01. The zero-order valence-electron chi connectivity index (χ0n) is 10.8. The van der Waals surface area contributed by atoms with Crippen LogP contribution in [-0.4, -0.2) is 35.9 Å². The number of rotatable bonds is 6. The molecule has 1 aromatic heterocycles. The molecule has 96 valence electrons. The van der Waals surface area contributed by atoms with Gasteiger partial charge in [-0.3, -0.25) is 4.90 Å². The molecule has 0 radical (unpaired) electrons. The lowest BCUT2D eigenvalue weighted by atomic mass is 10.1. The Morgan fingerprint density at radius 3 is 3.18 bits per heavy atom.